The largest absolute Gasteiger partial charge is 0.512 e. The Morgan fingerprint density at radius 3 is 2.89 bits per heavy atom. The first kappa shape index (κ1) is 6.20. The Morgan fingerprint density at radius 2 is 2.44 bits per heavy atom. The lowest BCUT2D eigenvalue weighted by Gasteiger charge is -2.06. The van der Waals surface area contributed by atoms with Crippen LogP contribution in [0, 0.1) is 6.42 Å². The van der Waals surface area contributed by atoms with Crippen molar-refractivity contribution in [2.24, 2.45) is 0 Å². The zero-order valence-electron chi connectivity index (χ0n) is 5.29. The van der Waals surface area contributed by atoms with Gasteiger partial charge in [-0.3, -0.25) is 0 Å². The first-order chi connectivity index (χ1) is 4.33. The fraction of sp³-hybridized carbons (Fsp3) is 0.286. The van der Waals surface area contributed by atoms with E-state index < -0.39 is 0 Å². The molecule has 1 radical (unpaired) electrons. The molecule has 1 aliphatic rings. The monoisotopic (exact) mass is 125 g/mol. The zero-order chi connectivity index (χ0) is 6.69. The second-order valence-corrected chi connectivity index (χ2v) is 1.82. The number of allylic oxidation sites excluding steroid dienone is 3. The molecule has 0 aliphatic heterocycles. The summed E-state index contributed by atoms with van der Waals surface area (Å²) in [6, 6.07) is 0. The molecular formula is C7H9O2. The summed E-state index contributed by atoms with van der Waals surface area (Å²) in [5.41, 5.74) is 0. The zero-order valence-corrected chi connectivity index (χ0v) is 5.29. The van der Waals surface area contributed by atoms with Crippen molar-refractivity contribution in [2.45, 2.75) is 6.42 Å². The van der Waals surface area contributed by atoms with E-state index in [4.69, 9.17) is 9.84 Å². The molecule has 0 spiro atoms. The van der Waals surface area contributed by atoms with Crippen molar-refractivity contribution in [3.05, 3.63) is 30.1 Å². The highest BCUT2D eigenvalue weighted by Crippen LogP contribution is 2.13. The topological polar surface area (TPSA) is 29.5 Å². The van der Waals surface area contributed by atoms with Gasteiger partial charge in [-0.15, -0.1) is 0 Å². The van der Waals surface area contributed by atoms with Crippen LogP contribution in [0.3, 0.4) is 0 Å². The van der Waals surface area contributed by atoms with Gasteiger partial charge < -0.3 is 9.84 Å². The summed E-state index contributed by atoms with van der Waals surface area (Å²) in [4.78, 5) is 0. The standard InChI is InChI=1S/C7H9O2/c1-9-7-4-2-3-6(8)5-7/h3-5,8H,2H2,1H3. The average Bonchev–Trinajstić information content (AvgIpc) is 1.88. The number of rotatable bonds is 1. The summed E-state index contributed by atoms with van der Waals surface area (Å²) in [7, 11) is 1.58. The van der Waals surface area contributed by atoms with Gasteiger partial charge in [0.25, 0.3) is 0 Å². The van der Waals surface area contributed by atoms with E-state index >= 15 is 0 Å². The van der Waals surface area contributed by atoms with Gasteiger partial charge in [-0.25, -0.2) is 0 Å². The Kier molecular flexibility index (Phi) is 1.78. The Morgan fingerprint density at radius 1 is 1.67 bits per heavy atom. The van der Waals surface area contributed by atoms with Crippen LogP contribution in [0.25, 0.3) is 0 Å². The molecular weight excluding hydrogens is 116 g/mol. The van der Waals surface area contributed by atoms with Crippen molar-refractivity contribution >= 4 is 0 Å². The molecule has 2 nitrogen and oxygen atoms in total. The number of methoxy groups -OCH3 is 1. The predicted octanol–water partition coefficient (Wildman–Crippen LogP) is 1.57. The van der Waals surface area contributed by atoms with Crippen LogP contribution < -0.4 is 0 Å². The van der Waals surface area contributed by atoms with Gasteiger partial charge in [0.05, 0.1) is 7.11 Å². The number of hydrogen-bond acceptors (Lipinski definition) is 2. The molecule has 1 rings (SSSR count). The fourth-order valence-electron chi connectivity index (χ4n) is 0.702. The number of ether oxygens (including phenoxy) is 1. The maximum Gasteiger partial charge on any atom is 0.118 e. The van der Waals surface area contributed by atoms with Crippen LogP contribution in [0.15, 0.2) is 23.7 Å². The summed E-state index contributed by atoms with van der Waals surface area (Å²) in [6.45, 7) is 0. The van der Waals surface area contributed by atoms with E-state index in [0.717, 1.165) is 12.2 Å². The minimum absolute atomic E-state index is 0.286. The first-order valence-electron chi connectivity index (χ1n) is 2.81. The lowest BCUT2D eigenvalue weighted by molar-refractivity contribution is 0.297. The highest BCUT2D eigenvalue weighted by atomic mass is 16.5. The van der Waals surface area contributed by atoms with Crippen molar-refractivity contribution in [2.75, 3.05) is 7.11 Å². The normalized spacial score (nSPS) is 18.3. The molecule has 0 aromatic carbocycles. The summed E-state index contributed by atoms with van der Waals surface area (Å²) in [5.74, 6) is 1.02. The molecule has 1 N–H and O–H groups in total. The van der Waals surface area contributed by atoms with Crippen molar-refractivity contribution in [3.63, 3.8) is 0 Å². The molecule has 0 bridgehead atoms. The molecule has 0 aromatic heterocycles. The molecule has 0 saturated heterocycles. The Hall–Kier alpha value is -0.920. The van der Waals surface area contributed by atoms with Gasteiger partial charge in [0.2, 0.25) is 0 Å². The van der Waals surface area contributed by atoms with Crippen molar-refractivity contribution in [3.8, 4) is 0 Å². The van der Waals surface area contributed by atoms with Crippen LogP contribution in [-0.4, -0.2) is 12.2 Å². The molecule has 49 valence electrons. The van der Waals surface area contributed by atoms with E-state index in [2.05, 4.69) is 0 Å². The lowest BCUT2D eigenvalue weighted by Crippen LogP contribution is -1.93. The molecule has 0 unspecified atom stereocenters. The van der Waals surface area contributed by atoms with Gasteiger partial charge in [-0.05, 0) is 12.5 Å². The van der Waals surface area contributed by atoms with Crippen molar-refractivity contribution in [1.29, 1.82) is 0 Å². The Balaban J connectivity index is 2.63. The third kappa shape index (κ3) is 1.49. The van der Waals surface area contributed by atoms with Gasteiger partial charge in [-0.2, -0.15) is 0 Å². The Bertz CT molecular complexity index is 156. The van der Waals surface area contributed by atoms with Gasteiger partial charge in [0, 0.05) is 12.5 Å². The van der Waals surface area contributed by atoms with Crippen LogP contribution in [-0.2, 0) is 4.74 Å². The minimum atomic E-state index is 0.286. The van der Waals surface area contributed by atoms with Crippen LogP contribution in [0.5, 0.6) is 0 Å². The van der Waals surface area contributed by atoms with E-state index in [1.54, 1.807) is 19.6 Å². The summed E-state index contributed by atoms with van der Waals surface area (Å²) in [5, 5.41) is 8.90. The summed E-state index contributed by atoms with van der Waals surface area (Å²) < 4.78 is 4.87. The lowest BCUT2D eigenvalue weighted by atomic mass is 10.1. The first-order valence-corrected chi connectivity index (χ1v) is 2.81. The number of aliphatic hydroxyl groups excluding tert-OH is 1. The van der Waals surface area contributed by atoms with E-state index in [1.807, 2.05) is 6.08 Å². The Labute approximate surface area is 54.5 Å². The van der Waals surface area contributed by atoms with Crippen LogP contribution in [0.4, 0.5) is 0 Å². The highest BCUT2D eigenvalue weighted by molar-refractivity contribution is 5.25. The maximum atomic E-state index is 8.90. The van der Waals surface area contributed by atoms with E-state index in [0.29, 0.717) is 0 Å². The summed E-state index contributed by atoms with van der Waals surface area (Å²) >= 11 is 0. The van der Waals surface area contributed by atoms with E-state index in [-0.39, 0.29) is 5.76 Å². The quantitative estimate of drug-likeness (QED) is 0.576. The van der Waals surface area contributed by atoms with Crippen LogP contribution in [0.1, 0.15) is 6.42 Å². The molecule has 2 heteroatoms. The smallest absolute Gasteiger partial charge is 0.118 e. The predicted molar refractivity (Wildman–Crippen MR) is 34.7 cm³/mol. The second-order valence-electron chi connectivity index (χ2n) is 1.82. The van der Waals surface area contributed by atoms with Crippen molar-refractivity contribution < 1.29 is 9.84 Å². The molecule has 0 aromatic rings. The highest BCUT2D eigenvalue weighted by Gasteiger charge is 2.02. The van der Waals surface area contributed by atoms with Crippen molar-refractivity contribution in [1.82, 2.24) is 0 Å². The van der Waals surface area contributed by atoms with Crippen LogP contribution >= 0.6 is 0 Å². The molecule has 0 amide bonds. The van der Waals surface area contributed by atoms with Gasteiger partial charge in [-0.1, -0.05) is 0 Å². The molecule has 0 fully saturated rings. The third-order valence-electron chi connectivity index (χ3n) is 1.17. The summed E-state index contributed by atoms with van der Waals surface area (Å²) in [6.07, 6.45) is 5.97. The van der Waals surface area contributed by atoms with E-state index in [9.17, 15) is 0 Å². The van der Waals surface area contributed by atoms with E-state index in [1.165, 1.54) is 0 Å². The average molecular weight is 125 g/mol. The van der Waals surface area contributed by atoms with Gasteiger partial charge >= 0.3 is 0 Å². The van der Waals surface area contributed by atoms with Crippen LogP contribution in [0.2, 0.25) is 0 Å². The molecule has 0 heterocycles. The van der Waals surface area contributed by atoms with Gasteiger partial charge in [0.1, 0.15) is 11.5 Å². The fourth-order valence-corrected chi connectivity index (χ4v) is 0.702. The SMILES string of the molecule is COC1=CC[CH]C(O)=C1. The molecule has 1 aliphatic carbocycles. The second kappa shape index (κ2) is 2.58. The third-order valence-corrected chi connectivity index (χ3v) is 1.17. The molecule has 9 heavy (non-hydrogen) atoms. The number of aliphatic hydroxyl groups is 1. The van der Waals surface area contributed by atoms with Gasteiger partial charge in [0.15, 0.2) is 0 Å². The molecule has 0 saturated carbocycles. The minimum Gasteiger partial charge on any atom is -0.512 e. The molecule has 0 atom stereocenters. The number of hydrogen-bond donors (Lipinski definition) is 1. The maximum absolute atomic E-state index is 8.90.